The van der Waals surface area contributed by atoms with E-state index in [4.69, 9.17) is 0 Å². The molecule has 0 saturated heterocycles. The molecule has 0 radical (unpaired) electrons. The molecule has 2 unspecified atom stereocenters. The van der Waals surface area contributed by atoms with Crippen LogP contribution in [0.5, 0.6) is 0 Å². The van der Waals surface area contributed by atoms with E-state index in [-0.39, 0.29) is 11.8 Å². The molecule has 11 aromatic carbocycles. The Morgan fingerprint density at radius 1 is 0.300 bits per heavy atom. The molecular formula is C68H47NSi. The number of nitrogens with zero attached hydrogens (tertiary/aromatic N) is 1. The first-order valence-electron chi connectivity index (χ1n) is 24.6. The zero-order valence-electron chi connectivity index (χ0n) is 38.6. The van der Waals surface area contributed by atoms with Crippen molar-refractivity contribution >= 4 is 50.6 Å². The number of aromatic nitrogens is 1. The third kappa shape index (κ3) is 6.03. The van der Waals surface area contributed by atoms with Crippen molar-refractivity contribution in [3.63, 3.8) is 0 Å². The van der Waals surface area contributed by atoms with Crippen LogP contribution in [0.15, 0.2) is 273 Å². The Balaban J connectivity index is 1.00. The van der Waals surface area contributed by atoms with Crippen LogP contribution in [0.25, 0.3) is 60.9 Å². The molecule has 1 aromatic heterocycles. The number of hydrogen-bond acceptors (Lipinski definition) is 0. The third-order valence-corrected chi connectivity index (χ3v) is 20.4. The highest BCUT2D eigenvalue weighted by Crippen LogP contribution is 2.57. The van der Waals surface area contributed by atoms with Gasteiger partial charge in [0.05, 0.1) is 11.0 Å². The fourth-order valence-corrected chi connectivity index (χ4v) is 17.8. The molecule has 1 heterocycles. The molecule has 0 saturated carbocycles. The summed E-state index contributed by atoms with van der Waals surface area (Å²) in [7, 11) is -3.01. The van der Waals surface area contributed by atoms with Crippen LogP contribution in [0.1, 0.15) is 45.2 Å². The summed E-state index contributed by atoms with van der Waals surface area (Å²) in [6.45, 7) is 0. The van der Waals surface area contributed by atoms with Crippen LogP contribution in [-0.2, 0) is 0 Å². The minimum absolute atomic E-state index is 0.0254. The molecule has 2 atom stereocenters. The molecule has 0 aliphatic heterocycles. The lowest BCUT2D eigenvalue weighted by Gasteiger charge is -2.47. The van der Waals surface area contributed by atoms with Crippen LogP contribution >= 0.6 is 0 Å². The number of rotatable bonds is 8. The summed E-state index contributed by atoms with van der Waals surface area (Å²) in [4.78, 5) is 0. The topological polar surface area (TPSA) is 4.93 Å². The predicted molar refractivity (Wildman–Crippen MR) is 295 cm³/mol. The summed E-state index contributed by atoms with van der Waals surface area (Å²) in [5.41, 5.74) is 19.7. The van der Waals surface area contributed by atoms with Crippen LogP contribution in [0.4, 0.5) is 0 Å². The molecule has 70 heavy (non-hydrogen) atoms. The molecule has 0 N–H and O–H groups in total. The Kier molecular flexibility index (Phi) is 9.43. The van der Waals surface area contributed by atoms with Gasteiger partial charge in [-0.15, -0.1) is 0 Å². The molecule has 1 nitrogen and oxygen atoms in total. The van der Waals surface area contributed by atoms with Gasteiger partial charge in [-0.1, -0.05) is 243 Å². The molecule has 15 rings (SSSR count). The second-order valence-electron chi connectivity index (χ2n) is 19.0. The molecule has 2 heteroatoms. The first kappa shape index (κ1) is 40.5. The van der Waals surface area contributed by atoms with Crippen molar-refractivity contribution in [2.24, 2.45) is 0 Å². The molecule has 0 amide bonds. The molecule has 0 spiro atoms. The summed E-state index contributed by atoms with van der Waals surface area (Å²) in [6, 6.07) is 103. The standard InChI is InChI=1S/C68H47NSi/c1-5-21-46(22-6-1)47-41-43-53(44-42-47)70(51-27-9-3-10-28-51,52-29-11-4-12-30-52)63-40-20-37-60-64-56-31-13-14-32-57(56)68(67(60)63)66-55(34-18-36-59(64)66)49-24-17-23-48(45-49)54-35-19-39-62-65(54)58-33-15-16-38-61(58)69(62)50-25-7-2-8-26-50/h1-45,64,68H. The average molecular weight is 906 g/mol. The minimum atomic E-state index is -3.01. The van der Waals surface area contributed by atoms with Crippen LogP contribution in [0.2, 0.25) is 0 Å². The van der Waals surface area contributed by atoms with E-state index < -0.39 is 8.07 Å². The predicted octanol–water partition coefficient (Wildman–Crippen LogP) is 14.1. The summed E-state index contributed by atoms with van der Waals surface area (Å²) in [5.74, 6) is 0.128. The molecule has 12 aromatic rings. The first-order valence-corrected chi connectivity index (χ1v) is 26.6. The number of benzene rings is 11. The van der Waals surface area contributed by atoms with Gasteiger partial charge in [0.15, 0.2) is 8.07 Å². The van der Waals surface area contributed by atoms with Crippen molar-refractivity contribution in [2.45, 2.75) is 11.8 Å². The summed E-state index contributed by atoms with van der Waals surface area (Å²) >= 11 is 0. The largest absolute Gasteiger partial charge is 0.309 e. The Morgan fingerprint density at radius 3 is 1.49 bits per heavy atom. The van der Waals surface area contributed by atoms with E-state index in [1.807, 2.05) is 0 Å². The fraction of sp³-hybridized carbons (Fsp3) is 0.0294. The highest BCUT2D eigenvalue weighted by atomic mass is 28.3. The van der Waals surface area contributed by atoms with Crippen molar-refractivity contribution in [3.05, 3.63) is 306 Å². The van der Waals surface area contributed by atoms with Crippen LogP contribution in [0.3, 0.4) is 0 Å². The molecule has 3 aliphatic rings. The maximum atomic E-state index is 2.51. The van der Waals surface area contributed by atoms with Crippen molar-refractivity contribution < 1.29 is 0 Å². The van der Waals surface area contributed by atoms with Crippen LogP contribution in [0, 0.1) is 0 Å². The maximum absolute atomic E-state index is 3.01. The summed E-state index contributed by atoms with van der Waals surface area (Å²) in [5, 5.41) is 8.17. The van der Waals surface area contributed by atoms with Gasteiger partial charge < -0.3 is 4.57 Å². The van der Waals surface area contributed by atoms with E-state index in [0.29, 0.717) is 0 Å². The third-order valence-electron chi connectivity index (χ3n) is 15.5. The van der Waals surface area contributed by atoms with Gasteiger partial charge >= 0.3 is 0 Å². The second kappa shape index (κ2) is 16.3. The Labute approximate surface area is 410 Å². The van der Waals surface area contributed by atoms with Gasteiger partial charge in [0.2, 0.25) is 0 Å². The highest BCUT2D eigenvalue weighted by molar-refractivity contribution is 7.20. The van der Waals surface area contributed by atoms with Gasteiger partial charge in [-0.2, -0.15) is 0 Å². The Bertz CT molecular complexity index is 3890. The van der Waals surface area contributed by atoms with E-state index in [1.54, 1.807) is 0 Å². The van der Waals surface area contributed by atoms with Crippen molar-refractivity contribution in [1.29, 1.82) is 0 Å². The highest BCUT2D eigenvalue weighted by Gasteiger charge is 2.49. The minimum Gasteiger partial charge on any atom is -0.309 e. The van der Waals surface area contributed by atoms with E-state index in [1.165, 1.54) is 115 Å². The normalized spacial score (nSPS) is 14.6. The quantitative estimate of drug-likeness (QED) is 0.106. The fourth-order valence-electron chi connectivity index (χ4n) is 12.7. The van der Waals surface area contributed by atoms with E-state index in [9.17, 15) is 0 Å². The average Bonchev–Trinajstić information content (AvgIpc) is 3.79. The maximum Gasteiger partial charge on any atom is 0.179 e. The summed E-state index contributed by atoms with van der Waals surface area (Å²) < 4.78 is 2.42. The van der Waals surface area contributed by atoms with Crippen molar-refractivity contribution in [1.82, 2.24) is 4.57 Å². The first-order chi connectivity index (χ1) is 34.8. The zero-order valence-corrected chi connectivity index (χ0v) is 39.6. The zero-order chi connectivity index (χ0) is 46.2. The van der Waals surface area contributed by atoms with E-state index in [0.717, 1.165) is 0 Å². The molecule has 3 aliphatic carbocycles. The van der Waals surface area contributed by atoms with Gasteiger partial charge in [0, 0.05) is 28.3 Å². The lowest BCUT2D eigenvalue weighted by molar-refractivity contribution is 0.760. The van der Waals surface area contributed by atoms with Gasteiger partial charge in [-0.05, 0) is 118 Å². The van der Waals surface area contributed by atoms with Gasteiger partial charge in [0.1, 0.15) is 0 Å². The van der Waals surface area contributed by atoms with Crippen molar-refractivity contribution in [2.75, 3.05) is 0 Å². The number of para-hydroxylation sites is 2. The van der Waals surface area contributed by atoms with E-state index >= 15 is 0 Å². The Morgan fingerprint density at radius 2 is 0.771 bits per heavy atom. The molecular weight excluding hydrogens is 859 g/mol. The smallest absolute Gasteiger partial charge is 0.179 e. The number of hydrogen-bond donors (Lipinski definition) is 0. The number of fused-ring (bicyclic) bond motifs is 3. The SMILES string of the molecule is c1ccc(-c2ccc([Si](c3ccccc3)(c3ccccc3)c3cccc4c3C3c5ccccc5C4c4cccc(-c5cccc(-c6cccc7c6c6ccccc6n7-c6ccccc6)c5)c43)cc2)cc1. The van der Waals surface area contributed by atoms with E-state index in [2.05, 4.69) is 278 Å². The second-order valence-corrected chi connectivity index (χ2v) is 22.8. The van der Waals surface area contributed by atoms with Gasteiger partial charge in [0.25, 0.3) is 0 Å². The molecule has 0 fully saturated rings. The Hall–Kier alpha value is -8.56. The molecule has 328 valence electrons. The molecule has 2 bridgehead atoms. The van der Waals surface area contributed by atoms with Gasteiger partial charge in [-0.3, -0.25) is 0 Å². The lowest BCUT2D eigenvalue weighted by Crippen LogP contribution is -2.75. The van der Waals surface area contributed by atoms with Crippen molar-refractivity contribution in [3.8, 4) is 39.1 Å². The van der Waals surface area contributed by atoms with Crippen LogP contribution < -0.4 is 20.7 Å². The monoisotopic (exact) mass is 905 g/mol. The summed E-state index contributed by atoms with van der Waals surface area (Å²) in [6.07, 6.45) is 0. The van der Waals surface area contributed by atoms with Gasteiger partial charge in [-0.25, -0.2) is 0 Å². The van der Waals surface area contributed by atoms with Crippen LogP contribution in [-0.4, -0.2) is 12.6 Å². The lowest BCUT2D eigenvalue weighted by atomic mass is 9.60.